The van der Waals surface area contributed by atoms with Crippen molar-refractivity contribution in [2.45, 2.75) is 19.3 Å². The first kappa shape index (κ1) is 12.7. The minimum atomic E-state index is -0.359. The Morgan fingerprint density at radius 3 is 2.60 bits per heavy atom. The first-order valence-electron chi connectivity index (χ1n) is 6.52. The Kier molecular flexibility index (Phi) is 3.18. The molecule has 2 heterocycles. The Morgan fingerprint density at radius 2 is 1.90 bits per heavy atom. The van der Waals surface area contributed by atoms with Gasteiger partial charge in [-0.05, 0) is 19.4 Å². The Hall–Kier alpha value is -2.30. The highest BCUT2D eigenvalue weighted by atomic mass is 16.6. The molecule has 1 aromatic carbocycles. The van der Waals surface area contributed by atoms with E-state index in [0.717, 1.165) is 5.56 Å². The molecule has 0 amide bonds. The fraction of sp³-hybridized carbons (Fsp3) is 0.333. The van der Waals surface area contributed by atoms with Crippen LogP contribution in [0.5, 0.6) is 0 Å². The summed E-state index contributed by atoms with van der Waals surface area (Å²) in [6, 6.07) is 10.1. The molecule has 1 aliphatic heterocycles. The number of rotatable bonds is 3. The van der Waals surface area contributed by atoms with E-state index in [4.69, 9.17) is 14.0 Å². The predicted octanol–water partition coefficient (Wildman–Crippen LogP) is 2.74. The van der Waals surface area contributed by atoms with Crippen molar-refractivity contribution in [3.05, 3.63) is 53.9 Å². The maximum atomic E-state index is 5.45. The average molecular weight is 272 g/mol. The number of hydrogen-bond donors (Lipinski definition) is 0. The lowest BCUT2D eigenvalue weighted by atomic mass is 9.84. The van der Waals surface area contributed by atoms with Gasteiger partial charge in [0.15, 0.2) is 0 Å². The van der Waals surface area contributed by atoms with Gasteiger partial charge in [0.2, 0.25) is 17.5 Å². The van der Waals surface area contributed by atoms with E-state index in [2.05, 4.69) is 10.1 Å². The number of benzene rings is 1. The molecular weight excluding hydrogens is 256 g/mol. The summed E-state index contributed by atoms with van der Waals surface area (Å²) < 4.78 is 16.1. The van der Waals surface area contributed by atoms with Crippen molar-refractivity contribution in [3.63, 3.8) is 0 Å². The van der Waals surface area contributed by atoms with Gasteiger partial charge in [0, 0.05) is 0 Å². The van der Waals surface area contributed by atoms with Gasteiger partial charge < -0.3 is 14.0 Å². The molecule has 3 rings (SSSR count). The highest BCUT2D eigenvalue weighted by Gasteiger charge is 2.30. The van der Waals surface area contributed by atoms with Crippen LogP contribution in [0.3, 0.4) is 0 Å². The van der Waals surface area contributed by atoms with Crippen LogP contribution >= 0.6 is 0 Å². The van der Waals surface area contributed by atoms with Crippen LogP contribution in [-0.2, 0) is 14.9 Å². The van der Waals surface area contributed by atoms with E-state index < -0.39 is 0 Å². The van der Waals surface area contributed by atoms with E-state index in [0.29, 0.717) is 30.7 Å². The summed E-state index contributed by atoms with van der Waals surface area (Å²) in [7, 11) is 0. The van der Waals surface area contributed by atoms with Crippen LogP contribution < -0.4 is 0 Å². The second kappa shape index (κ2) is 5.00. The van der Waals surface area contributed by atoms with E-state index in [-0.39, 0.29) is 5.41 Å². The molecule has 0 spiro atoms. The molecule has 0 N–H and O–H groups in total. The lowest BCUT2D eigenvalue weighted by molar-refractivity contribution is 0.124. The lowest BCUT2D eigenvalue weighted by Crippen LogP contribution is -2.19. The molecule has 0 unspecified atom stereocenters. The Morgan fingerprint density at radius 1 is 1.10 bits per heavy atom. The van der Waals surface area contributed by atoms with Crippen LogP contribution in [0, 0.1) is 0 Å². The summed E-state index contributed by atoms with van der Waals surface area (Å²) in [5.41, 5.74) is 0.757. The summed E-state index contributed by atoms with van der Waals surface area (Å²) in [6.45, 7) is 5.14. The maximum absolute atomic E-state index is 5.45. The third kappa shape index (κ3) is 2.27. The van der Waals surface area contributed by atoms with Crippen LogP contribution in [-0.4, -0.2) is 23.4 Å². The fourth-order valence-corrected chi connectivity index (χ4v) is 2.04. The van der Waals surface area contributed by atoms with Crippen LogP contribution in [0.4, 0.5) is 0 Å². The zero-order chi connectivity index (χ0) is 14.0. The third-order valence-corrected chi connectivity index (χ3v) is 3.33. The number of nitrogens with zero attached hydrogens (tertiary/aromatic N) is 2. The standard InChI is InChI=1S/C15H16N2O3/c1-15(2,11-6-4-3-5-7-11)14-16-13(17-20-14)12-10-18-8-9-19-12/h3-7,10H,8-9H2,1-2H3. The number of aromatic nitrogens is 2. The van der Waals surface area contributed by atoms with E-state index in [1.165, 1.54) is 6.26 Å². The molecule has 0 saturated heterocycles. The summed E-state index contributed by atoms with van der Waals surface area (Å²) in [5, 5.41) is 3.97. The van der Waals surface area contributed by atoms with Gasteiger partial charge in [0.25, 0.3) is 0 Å². The van der Waals surface area contributed by atoms with Gasteiger partial charge in [-0.1, -0.05) is 35.5 Å². The minimum Gasteiger partial charge on any atom is -0.494 e. The van der Waals surface area contributed by atoms with E-state index in [1.54, 1.807) is 0 Å². The van der Waals surface area contributed by atoms with Crippen LogP contribution in [0.2, 0.25) is 0 Å². The van der Waals surface area contributed by atoms with Crippen molar-refractivity contribution >= 4 is 5.76 Å². The maximum Gasteiger partial charge on any atom is 0.240 e. The average Bonchev–Trinajstić information content (AvgIpc) is 3.00. The molecule has 1 aliphatic rings. The van der Waals surface area contributed by atoms with Gasteiger partial charge >= 0.3 is 0 Å². The lowest BCUT2D eigenvalue weighted by Gasteiger charge is -2.20. The van der Waals surface area contributed by atoms with Gasteiger partial charge in [0.05, 0.1) is 5.41 Å². The molecule has 5 heteroatoms. The fourth-order valence-electron chi connectivity index (χ4n) is 2.04. The van der Waals surface area contributed by atoms with Crippen molar-refractivity contribution in [1.29, 1.82) is 0 Å². The molecule has 20 heavy (non-hydrogen) atoms. The number of ether oxygens (including phenoxy) is 2. The summed E-state index contributed by atoms with van der Waals surface area (Å²) >= 11 is 0. The SMILES string of the molecule is CC(C)(c1ccccc1)c1nc(C2=COCCO2)no1. The van der Waals surface area contributed by atoms with Gasteiger partial charge in [-0.25, -0.2) is 0 Å². The Labute approximate surface area is 117 Å². The largest absolute Gasteiger partial charge is 0.494 e. The molecule has 0 fully saturated rings. The van der Waals surface area contributed by atoms with Crippen molar-refractivity contribution in [1.82, 2.24) is 10.1 Å². The molecule has 0 saturated carbocycles. The normalized spacial score (nSPS) is 15.2. The topological polar surface area (TPSA) is 57.4 Å². The van der Waals surface area contributed by atoms with Crippen molar-refractivity contribution in [2.24, 2.45) is 0 Å². The second-order valence-corrected chi connectivity index (χ2v) is 5.12. The second-order valence-electron chi connectivity index (χ2n) is 5.12. The van der Waals surface area contributed by atoms with Gasteiger partial charge in [-0.2, -0.15) is 4.98 Å². The van der Waals surface area contributed by atoms with Gasteiger partial charge in [-0.3, -0.25) is 0 Å². The molecule has 5 nitrogen and oxygen atoms in total. The minimum absolute atomic E-state index is 0.359. The zero-order valence-corrected chi connectivity index (χ0v) is 11.5. The highest BCUT2D eigenvalue weighted by Crippen LogP contribution is 2.30. The van der Waals surface area contributed by atoms with Crippen LogP contribution in [0.25, 0.3) is 5.76 Å². The quantitative estimate of drug-likeness (QED) is 0.859. The van der Waals surface area contributed by atoms with Crippen LogP contribution in [0.1, 0.15) is 31.1 Å². The predicted molar refractivity (Wildman–Crippen MR) is 72.7 cm³/mol. The van der Waals surface area contributed by atoms with Gasteiger partial charge in [0.1, 0.15) is 19.5 Å². The Bertz CT molecular complexity index is 617. The molecule has 0 atom stereocenters. The molecule has 0 bridgehead atoms. The summed E-state index contributed by atoms with van der Waals surface area (Å²) in [6.07, 6.45) is 1.52. The van der Waals surface area contributed by atoms with E-state index >= 15 is 0 Å². The summed E-state index contributed by atoms with van der Waals surface area (Å²) in [4.78, 5) is 4.43. The van der Waals surface area contributed by atoms with Gasteiger partial charge in [-0.15, -0.1) is 0 Å². The highest BCUT2D eigenvalue weighted by molar-refractivity contribution is 5.51. The molecule has 0 radical (unpaired) electrons. The summed E-state index contributed by atoms with van der Waals surface area (Å²) in [5.74, 6) is 1.48. The van der Waals surface area contributed by atoms with Crippen molar-refractivity contribution < 1.29 is 14.0 Å². The van der Waals surface area contributed by atoms with Crippen molar-refractivity contribution in [3.8, 4) is 0 Å². The molecule has 104 valence electrons. The van der Waals surface area contributed by atoms with E-state index in [9.17, 15) is 0 Å². The molecule has 0 aliphatic carbocycles. The Balaban J connectivity index is 1.91. The zero-order valence-electron chi connectivity index (χ0n) is 11.5. The third-order valence-electron chi connectivity index (χ3n) is 3.33. The molecule has 1 aromatic heterocycles. The molecular formula is C15H16N2O3. The van der Waals surface area contributed by atoms with E-state index in [1.807, 2.05) is 44.2 Å². The monoisotopic (exact) mass is 272 g/mol. The van der Waals surface area contributed by atoms with Crippen molar-refractivity contribution in [2.75, 3.05) is 13.2 Å². The smallest absolute Gasteiger partial charge is 0.240 e. The first-order chi connectivity index (χ1) is 9.68. The number of hydrogen-bond acceptors (Lipinski definition) is 5. The van der Waals surface area contributed by atoms with Crippen LogP contribution in [0.15, 0.2) is 41.1 Å². The molecule has 2 aromatic rings. The first-order valence-corrected chi connectivity index (χ1v) is 6.52.